The van der Waals surface area contributed by atoms with Crippen LogP contribution in [0.1, 0.15) is 29.6 Å². The fourth-order valence-corrected chi connectivity index (χ4v) is 3.84. The summed E-state index contributed by atoms with van der Waals surface area (Å²) in [7, 11) is 0. The number of thiazole rings is 1. The molecule has 0 N–H and O–H groups in total. The van der Waals surface area contributed by atoms with Crippen LogP contribution in [0.25, 0.3) is 4.96 Å². The summed E-state index contributed by atoms with van der Waals surface area (Å²) >= 11 is 1.39. The SMILES string of the molecule is O=C(c1cnc2sccn2c1=O)N1CCCN(CC2CC2)CC1. The van der Waals surface area contributed by atoms with Crippen LogP contribution in [-0.2, 0) is 0 Å². The molecule has 3 heterocycles. The molecule has 1 saturated carbocycles. The molecule has 1 aliphatic carbocycles. The molecule has 1 amide bonds. The molecule has 2 fully saturated rings. The van der Waals surface area contributed by atoms with E-state index in [4.69, 9.17) is 0 Å². The van der Waals surface area contributed by atoms with Gasteiger partial charge in [0.2, 0.25) is 0 Å². The summed E-state index contributed by atoms with van der Waals surface area (Å²) in [6.45, 7) is 4.51. The molecule has 2 aromatic heterocycles. The van der Waals surface area contributed by atoms with E-state index < -0.39 is 0 Å². The van der Waals surface area contributed by atoms with E-state index in [2.05, 4.69) is 9.88 Å². The summed E-state index contributed by atoms with van der Waals surface area (Å²) in [6.07, 6.45) is 6.77. The maximum absolute atomic E-state index is 12.7. The van der Waals surface area contributed by atoms with E-state index in [9.17, 15) is 9.59 Å². The lowest BCUT2D eigenvalue weighted by Crippen LogP contribution is -2.38. The maximum atomic E-state index is 12.7. The van der Waals surface area contributed by atoms with E-state index in [1.54, 1.807) is 11.6 Å². The number of carbonyl (C=O) groups excluding carboxylic acids is 1. The fraction of sp³-hybridized carbons (Fsp3) is 0.562. The highest BCUT2D eigenvalue weighted by atomic mass is 32.1. The molecule has 6 nitrogen and oxygen atoms in total. The van der Waals surface area contributed by atoms with Crippen molar-refractivity contribution in [1.29, 1.82) is 0 Å². The van der Waals surface area contributed by atoms with Gasteiger partial charge in [-0.2, -0.15) is 0 Å². The molecule has 1 saturated heterocycles. The quantitative estimate of drug-likeness (QED) is 0.850. The highest BCUT2D eigenvalue weighted by Crippen LogP contribution is 2.29. The lowest BCUT2D eigenvalue weighted by atomic mass is 10.2. The summed E-state index contributed by atoms with van der Waals surface area (Å²) in [5.41, 5.74) is -0.0862. The van der Waals surface area contributed by atoms with Crippen LogP contribution in [0.3, 0.4) is 0 Å². The molecule has 7 heteroatoms. The zero-order valence-corrected chi connectivity index (χ0v) is 13.8. The second-order valence-electron chi connectivity index (χ2n) is 6.42. The monoisotopic (exact) mass is 332 g/mol. The molecule has 0 unspecified atom stereocenters. The average molecular weight is 332 g/mol. The molecule has 0 bridgehead atoms. The number of rotatable bonds is 3. The van der Waals surface area contributed by atoms with E-state index in [1.165, 1.54) is 34.8 Å². The topological polar surface area (TPSA) is 57.9 Å². The molecule has 122 valence electrons. The first kappa shape index (κ1) is 14.8. The predicted octanol–water partition coefficient (Wildman–Crippen LogP) is 1.31. The van der Waals surface area contributed by atoms with Gasteiger partial charge in [0, 0.05) is 44.0 Å². The van der Waals surface area contributed by atoms with Gasteiger partial charge >= 0.3 is 0 Å². The number of hydrogen-bond donors (Lipinski definition) is 0. The lowest BCUT2D eigenvalue weighted by molar-refractivity contribution is 0.0759. The van der Waals surface area contributed by atoms with E-state index in [1.807, 2.05) is 4.90 Å². The smallest absolute Gasteiger partial charge is 0.271 e. The molecular weight excluding hydrogens is 312 g/mol. The van der Waals surface area contributed by atoms with Gasteiger partial charge in [0.05, 0.1) is 0 Å². The minimum Gasteiger partial charge on any atom is -0.337 e. The predicted molar refractivity (Wildman–Crippen MR) is 89.0 cm³/mol. The van der Waals surface area contributed by atoms with Crippen molar-refractivity contribution in [1.82, 2.24) is 19.2 Å². The highest BCUT2D eigenvalue weighted by Gasteiger charge is 2.27. The van der Waals surface area contributed by atoms with E-state index in [0.29, 0.717) is 18.1 Å². The van der Waals surface area contributed by atoms with Gasteiger partial charge in [-0.05, 0) is 31.7 Å². The van der Waals surface area contributed by atoms with E-state index in [0.717, 1.165) is 32.0 Å². The Kier molecular flexibility index (Phi) is 3.90. The minimum atomic E-state index is -0.264. The van der Waals surface area contributed by atoms with Crippen LogP contribution in [-0.4, -0.2) is 57.8 Å². The van der Waals surface area contributed by atoms with Gasteiger partial charge in [-0.3, -0.25) is 14.0 Å². The Labute approximate surface area is 138 Å². The molecule has 2 aliphatic rings. The van der Waals surface area contributed by atoms with Crippen LogP contribution in [0.15, 0.2) is 22.6 Å². The van der Waals surface area contributed by atoms with Gasteiger partial charge < -0.3 is 9.80 Å². The Morgan fingerprint density at radius 3 is 2.96 bits per heavy atom. The third kappa shape index (κ3) is 3.03. The molecule has 2 aromatic rings. The summed E-state index contributed by atoms with van der Waals surface area (Å²) < 4.78 is 1.45. The number of aromatic nitrogens is 2. The zero-order valence-electron chi connectivity index (χ0n) is 13.0. The number of nitrogens with zero attached hydrogens (tertiary/aromatic N) is 4. The molecule has 0 radical (unpaired) electrons. The van der Waals surface area contributed by atoms with Crippen LogP contribution in [0.4, 0.5) is 0 Å². The molecule has 1 aliphatic heterocycles. The average Bonchev–Trinajstić information content (AvgIpc) is 3.28. The van der Waals surface area contributed by atoms with Crippen molar-refractivity contribution < 1.29 is 4.79 Å². The molecular formula is C16H20N4O2S. The summed E-state index contributed by atoms with van der Waals surface area (Å²) in [5, 5.41) is 1.81. The number of hydrogen-bond acceptors (Lipinski definition) is 5. The van der Waals surface area contributed by atoms with Crippen molar-refractivity contribution in [2.24, 2.45) is 5.92 Å². The van der Waals surface area contributed by atoms with Gasteiger partial charge in [-0.25, -0.2) is 4.98 Å². The highest BCUT2D eigenvalue weighted by molar-refractivity contribution is 7.15. The normalized spacial score (nSPS) is 19.9. The van der Waals surface area contributed by atoms with Gasteiger partial charge in [0.25, 0.3) is 11.5 Å². The van der Waals surface area contributed by atoms with Gasteiger partial charge in [-0.15, -0.1) is 11.3 Å². The lowest BCUT2D eigenvalue weighted by Gasteiger charge is -2.21. The maximum Gasteiger partial charge on any atom is 0.271 e. The van der Waals surface area contributed by atoms with Crippen LogP contribution in [0.5, 0.6) is 0 Å². The Morgan fingerprint density at radius 1 is 1.26 bits per heavy atom. The van der Waals surface area contributed by atoms with Gasteiger partial charge in [0.15, 0.2) is 4.96 Å². The molecule has 4 rings (SSSR count). The van der Waals surface area contributed by atoms with Crippen molar-refractivity contribution >= 4 is 22.2 Å². The number of carbonyl (C=O) groups is 1. The van der Waals surface area contributed by atoms with Crippen molar-refractivity contribution in [3.05, 3.63) is 33.7 Å². The molecule has 0 atom stereocenters. The Hall–Kier alpha value is -1.73. The summed E-state index contributed by atoms with van der Waals surface area (Å²) in [4.78, 5) is 34.3. The fourth-order valence-electron chi connectivity index (χ4n) is 3.16. The summed E-state index contributed by atoms with van der Waals surface area (Å²) in [6, 6.07) is 0. The third-order valence-corrected chi connectivity index (χ3v) is 5.43. The summed E-state index contributed by atoms with van der Waals surface area (Å²) in [5.74, 6) is 0.684. The Morgan fingerprint density at radius 2 is 2.13 bits per heavy atom. The van der Waals surface area contributed by atoms with Crippen molar-refractivity contribution in [3.8, 4) is 0 Å². The first-order chi connectivity index (χ1) is 11.2. The first-order valence-corrected chi connectivity index (χ1v) is 9.07. The minimum absolute atomic E-state index is 0.177. The molecule has 0 spiro atoms. The standard InChI is InChI=1S/C16H20N4O2S/c21-14(13-10-17-16-20(15(13)22)8-9-23-16)19-5-1-4-18(6-7-19)11-12-2-3-12/h8-10,12H,1-7,11H2. The molecule has 0 aromatic carbocycles. The van der Waals surface area contributed by atoms with Crippen LogP contribution in [0, 0.1) is 5.92 Å². The first-order valence-electron chi connectivity index (χ1n) is 8.19. The number of fused-ring (bicyclic) bond motifs is 1. The second kappa shape index (κ2) is 6.05. The molecule has 23 heavy (non-hydrogen) atoms. The van der Waals surface area contributed by atoms with Crippen molar-refractivity contribution in [3.63, 3.8) is 0 Å². The third-order valence-electron chi connectivity index (χ3n) is 4.66. The van der Waals surface area contributed by atoms with Crippen molar-refractivity contribution in [2.45, 2.75) is 19.3 Å². The van der Waals surface area contributed by atoms with Crippen LogP contribution in [0.2, 0.25) is 0 Å². The van der Waals surface area contributed by atoms with Crippen LogP contribution < -0.4 is 5.56 Å². The van der Waals surface area contributed by atoms with Gasteiger partial charge in [-0.1, -0.05) is 0 Å². The van der Waals surface area contributed by atoms with Gasteiger partial charge in [0.1, 0.15) is 5.56 Å². The van der Waals surface area contributed by atoms with E-state index >= 15 is 0 Å². The largest absolute Gasteiger partial charge is 0.337 e. The Bertz CT molecular complexity index is 780. The van der Waals surface area contributed by atoms with E-state index in [-0.39, 0.29) is 17.0 Å². The van der Waals surface area contributed by atoms with Crippen LogP contribution >= 0.6 is 11.3 Å². The van der Waals surface area contributed by atoms with Crippen molar-refractivity contribution in [2.75, 3.05) is 32.7 Å². The second-order valence-corrected chi connectivity index (χ2v) is 7.30. The Balaban J connectivity index is 1.50. The zero-order chi connectivity index (χ0) is 15.8. The number of amides is 1.